The summed E-state index contributed by atoms with van der Waals surface area (Å²) in [7, 11) is 0. The highest BCUT2D eigenvalue weighted by atomic mass is 16.2. The maximum Gasteiger partial charge on any atom is 0.240 e. The molecule has 1 atom stereocenters. The van der Waals surface area contributed by atoms with E-state index >= 15 is 0 Å². The van der Waals surface area contributed by atoms with Crippen molar-refractivity contribution in [1.29, 1.82) is 0 Å². The van der Waals surface area contributed by atoms with E-state index < -0.39 is 11.9 Å². The fourth-order valence-electron chi connectivity index (χ4n) is 1.08. The van der Waals surface area contributed by atoms with Gasteiger partial charge in [-0.05, 0) is 0 Å². The maximum absolute atomic E-state index is 10.9. The minimum absolute atomic E-state index is 0.284. The van der Waals surface area contributed by atoms with Crippen molar-refractivity contribution >= 4 is 11.8 Å². The number of hydrogen-bond donors (Lipinski definition) is 3. The maximum atomic E-state index is 10.9. The second-order valence-corrected chi connectivity index (χ2v) is 2.94. The third-order valence-electron chi connectivity index (χ3n) is 1.70. The highest BCUT2D eigenvalue weighted by Crippen LogP contribution is 1.97. The average molecular weight is 196 g/mol. The molecule has 0 aliphatic rings. The molecule has 14 heavy (non-hydrogen) atoms. The molecule has 0 saturated carbocycles. The van der Waals surface area contributed by atoms with E-state index in [4.69, 9.17) is 5.73 Å². The zero-order chi connectivity index (χ0) is 10.6. The van der Waals surface area contributed by atoms with Gasteiger partial charge < -0.3 is 16.0 Å². The van der Waals surface area contributed by atoms with Gasteiger partial charge in [0.05, 0.1) is 6.33 Å². The third kappa shape index (κ3) is 2.89. The molecule has 0 radical (unpaired) electrons. The Kier molecular flexibility index (Phi) is 3.22. The minimum Gasteiger partial charge on any atom is -0.368 e. The third-order valence-corrected chi connectivity index (χ3v) is 1.70. The van der Waals surface area contributed by atoms with E-state index in [1.54, 1.807) is 6.20 Å². The molecule has 0 bridgehead atoms. The summed E-state index contributed by atoms with van der Waals surface area (Å²) < 4.78 is 0. The van der Waals surface area contributed by atoms with Crippen LogP contribution in [0.4, 0.5) is 0 Å². The molecule has 1 unspecified atom stereocenters. The van der Waals surface area contributed by atoms with E-state index in [-0.39, 0.29) is 5.91 Å². The fourth-order valence-corrected chi connectivity index (χ4v) is 1.08. The van der Waals surface area contributed by atoms with Crippen LogP contribution in [0, 0.1) is 0 Å². The molecular formula is C8H12N4O2. The molecule has 0 spiro atoms. The van der Waals surface area contributed by atoms with Gasteiger partial charge in [-0.15, -0.1) is 0 Å². The molecule has 2 amide bonds. The zero-order valence-electron chi connectivity index (χ0n) is 7.78. The standard InChI is InChI=1S/C8H12N4O2/c1-5(13)12-7(8(9)14)2-6-3-10-4-11-6/h3-4,7H,2H2,1H3,(H2,9,14)(H,10,11)(H,12,13). The van der Waals surface area contributed by atoms with Crippen molar-refractivity contribution < 1.29 is 9.59 Å². The van der Waals surface area contributed by atoms with Gasteiger partial charge in [0.15, 0.2) is 0 Å². The monoisotopic (exact) mass is 196 g/mol. The van der Waals surface area contributed by atoms with Crippen molar-refractivity contribution in [3.05, 3.63) is 18.2 Å². The Bertz CT molecular complexity index is 320. The lowest BCUT2D eigenvalue weighted by molar-refractivity contribution is -0.126. The number of H-pyrrole nitrogens is 1. The summed E-state index contributed by atoms with van der Waals surface area (Å²) in [6.07, 6.45) is 3.41. The van der Waals surface area contributed by atoms with Crippen molar-refractivity contribution in [2.45, 2.75) is 19.4 Å². The first kappa shape index (κ1) is 10.2. The zero-order valence-corrected chi connectivity index (χ0v) is 7.78. The van der Waals surface area contributed by atoms with Gasteiger partial charge in [0.1, 0.15) is 6.04 Å². The predicted molar refractivity (Wildman–Crippen MR) is 49.1 cm³/mol. The number of nitrogens with one attached hydrogen (secondary N) is 2. The number of carbonyl (C=O) groups excluding carboxylic acids is 2. The van der Waals surface area contributed by atoms with E-state index in [2.05, 4.69) is 15.3 Å². The smallest absolute Gasteiger partial charge is 0.240 e. The van der Waals surface area contributed by atoms with E-state index in [1.165, 1.54) is 13.3 Å². The van der Waals surface area contributed by atoms with Crippen LogP contribution < -0.4 is 11.1 Å². The lowest BCUT2D eigenvalue weighted by Gasteiger charge is -2.12. The fraction of sp³-hybridized carbons (Fsp3) is 0.375. The molecule has 0 fully saturated rings. The summed E-state index contributed by atoms with van der Waals surface area (Å²) in [6, 6.07) is -0.687. The first-order valence-electron chi connectivity index (χ1n) is 4.13. The van der Waals surface area contributed by atoms with Crippen LogP contribution in [0.15, 0.2) is 12.5 Å². The van der Waals surface area contributed by atoms with Gasteiger partial charge in [-0.1, -0.05) is 0 Å². The van der Waals surface area contributed by atoms with Gasteiger partial charge in [-0.3, -0.25) is 9.59 Å². The van der Waals surface area contributed by atoms with Crippen LogP contribution in [0.2, 0.25) is 0 Å². The van der Waals surface area contributed by atoms with Crippen LogP contribution in [-0.4, -0.2) is 27.8 Å². The Labute approximate surface area is 80.9 Å². The second kappa shape index (κ2) is 4.40. The summed E-state index contributed by atoms with van der Waals surface area (Å²) in [6.45, 7) is 1.34. The summed E-state index contributed by atoms with van der Waals surface area (Å²) >= 11 is 0. The van der Waals surface area contributed by atoms with Crippen molar-refractivity contribution in [3.63, 3.8) is 0 Å². The van der Waals surface area contributed by atoms with Crippen LogP contribution in [0.5, 0.6) is 0 Å². The normalized spacial score (nSPS) is 12.1. The number of imidazole rings is 1. The lowest BCUT2D eigenvalue weighted by atomic mass is 10.1. The SMILES string of the molecule is CC(=O)NC(Cc1cnc[nH]1)C(N)=O. The van der Waals surface area contributed by atoms with Gasteiger partial charge in [0.2, 0.25) is 11.8 Å². The predicted octanol–water partition coefficient (Wildman–Crippen LogP) is -1.06. The van der Waals surface area contributed by atoms with Crippen LogP contribution in [0.25, 0.3) is 0 Å². The molecule has 6 nitrogen and oxygen atoms in total. The van der Waals surface area contributed by atoms with E-state index in [9.17, 15) is 9.59 Å². The number of amides is 2. The van der Waals surface area contributed by atoms with Crippen LogP contribution in [0.3, 0.4) is 0 Å². The van der Waals surface area contributed by atoms with E-state index in [1.807, 2.05) is 0 Å². The van der Waals surface area contributed by atoms with Gasteiger partial charge in [0.25, 0.3) is 0 Å². The molecular weight excluding hydrogens is 184 g/mol. The second-order valence-electron chi connectivity index (χ2n) is 2.94. The minimum atomic E-state index is -0.687. The lowest BCUT2D eigenvalue weighted by Crippen LogP contribution is -2.45. The van der Waals surface area contributed by atoms with E-state index in [0.717, 1.165) is 5.69 Å². The molecule has 4 N–H and O–H groups in total. The number of hydrogen-bond acceptors (Lipinski definition) is 3. The van der Waals surface area contributed by atoms with Gasteiger partial charge in [-0.2, -0.15) is 0 Å². The molecule has 6 heteroatoms. The Morgan fingerprint density at radius 1 is 1.71 bits per heavy atom. The van der Waals surface area contributed by atoms with Crippen LogP contribution >= 0.6 is 0 Å². The molecule has 1 heterocycles. The topological polar surface area (TPSA) is 101 Å². The number of rotatable bonds is 4. The molecule has 0 aromatic carbocycles. The summed E-state index contributed by atoms with van der Waals surface area (Å²) in [5.74, 6) is -0.844. The Morgan fingerprint density at radius 3 is 2.86 bits per heavy atom. The number of primary amides is 1. The molecule has 0 aliphatic heterocycles. The summed E-state index contributed by atoms with van der Waals surface area (Å²) in [4.78, 5) is 28.3. The largest absolute Gasteiger partial charge is 0.368 e. The highest BCUT2D eigenvalue weighted by molar-refractivity contribution is 5.85. The van der Waals surface area contributed by atoms with E-state index in [0.29, 0.717) is 6.42 Å². The number of aromatic amines is 1. The van der Waals surface area contributed by atoms with Crippen molar-refractivity contribution in [3.8, 4) is 0 Å². The highest BCUT2D eigenvalue weighted by Gasteiger charge is 2.17. The number of carbonyl (C=O) groups is 2. The summed E-state index contributed by atoms with van der Waals surface area (Å²) in [5.41, 5.74) is 5.87. The Balaban J connectivity index is 2.60. The van der Waals surface area contributed by atoms with Gasteiger partial charge >= 0.3 is 0 Å². The van der Waals surface area contributed by atoms with Crippen molar-refractivity contribution in [2.75, 3.05) is 0 Å². The number of nitrogens with zero attached hydrogens (tertiary/aromatic N) is 1. The molecule has 76 valence electrons. The Hall–Kier alpha value is -1.85. The average Bonchev–Trinajstić information content (AvgIpc) is 2.54. The van der Waals surface area contributed by atoms with Crippen LogP contribution in [0.1, 0.15) is 12.6 Å². The van der Waals surface area contributed by atoms with Crippen molar-refractivity contribution in [1.82, 2.24) is 15.3 Å². The van der Waals surface area contributed by atoms with Crippen LogP contribution in [-0.2, 0) is 16.0 Å². The quantitative estimate of drug-likeness (QED) is 0.572. The molecule has 1 aromatic rings. The molecule has 1 aromatic heterocycles. The van der Waals surface area contributed by atoms with Crippen molar-refractivity contribution in [2.24, 2.45) is 5.73 Å². The first-order valence-corrected chi connectivity index (χ1v) is 4.13. The number of aromatic nitrogens is 2. The molecule has 0 aliphatic carbocycles. The molecule has 1 rings (SSSR count). The molecule has 0 saturated heterocycles. The number of nitrogens with two attached hydrogens (primary N) is 1. The Morgan fingerprint density at radius 2 is 2.43 bits per heavy atom. The first-order chi connectivity index (χ1) is 6.59. The summed E-state index contributed by atoms with van der Waals surface area (Å²) in [5, 5.41) is 2.46. The van der Waals surface area contributed by atoms with Gasteiger partial charge in [0, 0.05) is 25.2 Å². The van der Waals surface area contributed by atoms with Gasteiger partial charge in [-0.25, -0.2) is 4.98 Å².